The minimum atomic E-state index is -4.81. The van der Waals surface area contributed by atoms with Crippen LogP contribution in [0.25, 0.3) is 0 Å². The van der Waals surface area contributed by atoms with E-state index >= 15 is 0 Å². The van der Waals surface area contributed by atoms with Crippen LogP contribution in [0.1, 0.15) is 18.4 Å². The number of benzene rings is 1. The smallest absolute Gasteiger partial charge is 0.354 e. The number of nitrogens with one attached hydrogen (secondary N) is 1. The van der Waals surface area contributed by atoms with Gasteiger partial charge in [0.05, 0.1) is 11.4 Å². The molecule has 1 aliphatic carbocycles. The minimum Gasteiger partial charge on any atom is -0.354 e. The van der Waals surface area contributed by atoms with Gasteiger partial charge in [-0.1, -0.05) is 0 Å². The molecule has 1 atom stereocenters. The summed E-state index contributed by atoms with van der Waals surface area (Å²) in [6.07, 6.45) is -2.81. The van der Waals surface area contributed by atoms with E-state index in [0.717, 1.165) is 28.9 Å². The predicted octanol–water partition coefficient (Wildman–Crippen LogP) is 2.43. The fraction of sp³-hybridized carbons (Fsp3) is 0.533. The van der Waals surface area contributed by atoms with Crippen molar-refractivity contribution >= 4 is 27.7 Å². The largest absolute Gasteiger partial charge is 0.416 e. The summed E-state index contributed by atoms with van der Waals surface area (Å²) >= 11 is 1.15. The molecule has 0 spiro atoms. The zero-order valence-corrected chi connectivity index (χ0v) is 15.1. The van der Waals surface area contributed by atoms with Gasteiger partial charge in [0, 0.05) is 12.3 Å². The lowest BCUT2D eigenvalue weighted by Crippen LogP contribution is -2.47. The van der Waals surface area contributed by atoms with E-state index in [4.69, 9.17) is 0 Å². The average Bonchev–Trinajstić information content (AvgIpc) is 3.24. The van der Waals surface area contributed by atoms with E-state index in [9.17, 15) is 30.8 Å². The Kier molecular flexibility index (Phi) is 5.24. The molecular weight excluding hydrogens is 396 g/mol. The molecule has 11 heteroatoms. The lowest BCUT2D eigenvalue weighted by Gasteiger charge is -2.23. The summed E-state index contributed by atoms with van der Waals surface area (Å²) < 4.78 is 78.8. The number of carbonyl (C=O) groups is 1. The van der Waals surface area contributed by atoms with Crippen molar-refractivity contribution in [2.45, 2.75) is 30.0 Å². The molecule has 1 saturated heterocycles. The van der Waals surface area contributed by atoms with Crippen LogP contribution in [0.15, 0.2) is 23.1 Å². The lowest BCUT2D eigenvalue weighted by molar-refractivity contribution is -0.137. The van der Waals surface area contributed by atoms with Crippen LogP contribution < -0.4 is 5.32 Å². The highest BCUT2D eigenvalue weighted by Crippen LogP contribution is 2.35. The Labute approximate surface area is 152 Å². The molecule has 0 radical (unpaired) electrons. The van der Waals surface area contributed by atoms with Crippen LogP contribution in [0.2, 0.25) is 0 Å². The number of alkyl halides is 3. The van der Waals surface area contributed by atoms with Crippen molar-refractivity contribution in [3.63, 3.8) is 0 Å². The average molecular weight is 412 g/mol. The molecule has 1 saturated carbocycles. The molecule has 3 rings (SSSR count). The lowest BCUT2D eigenvalue weighted by atomic mass is 10.2. The van der Waals surface area contributed by atoms with Crippen LogP contribution in [0.5, 0.6) is 0 Å². The summed E-state index contributed by atoms with van der Waals surface area (Å²) in [5, 5.41) is 2.66. The number of hydrogen-bond donors (Lipinski definition) is 1. The minimum absolute atomic E-state index is 0.125. The van der Waals surface area contributed by atoms with Gasteiger partial charge in [0.1, 0.15) is 16.8 Å². The van der Waals surface area contributed by atoms with E-state index < -0.39 is 44.4 Å². The maximum Gasteiger partial charge on any atom is 0.416 e. The monoisotopic (exact) mass is 412 g/mol. The molecular formula is C15H16F4N2O3S2. The Balaban J connectivity index is 1.87. The second-order valence-electron chi connectivity index (χ2n) is 6.24. The van der Waals surface area contributed by atoms with Gasteiger partial charge < -0.3 is 5.32 Å². The first-order chi connectivity index (χ1) is 12.1. The second kappa shape index (κ2) is 7.01. The molecule has 26 heavy (non-hydrogen) atoms. The van der Waals surface area contributed by atoms with E-state index in [1.165, 1.54) is 0 Å². The molecule has 1 N–H and O–H groups in total. The highest BCUT2D eigenvalue weighted by molar-refractivity contribution is 8.00. The number of thioether (sulfide) groups is 1. The molecule has 1 aromatic carbocycles. The number of amides is 1. The number of nitrogens with zero attached hydrogens (tertiary/aromatic N) is 1. The van der Waals surface area contributed by atoms with Crippen LogP contribution in [0.4, 0.5) is 17.6 Å². The standard InChI is InChI=1S/C15H16F4N2O3S2/c16-11-4-3-10(15(17,18)19)5-13(11)26(23,24)21-8-25-7-12(21)14(22)20-6-9-1-2-9/h3-5,9,12H,1-2,6-8H2,(H,20,22). The first-order valence-corrected chi connectivity index (χ1v) is 10.4. The van der Waals surface area contributed by atoms with E-state index in [2.05, 4.69) is 5.32 Å². The molecule has 0 bridgehead atoms. The molecule has 0 aromatic heterocycles. The summed E-state index contributed by atoms with van der Waals surface area (Å²) in [6.45, 7) is 0.436. The van der Waals surface area contributed by atoms with Gasteiger partial charge in [-0.3, -0.25) is 4.79 Å². The third kappa shape index (κ3) is 3.99. The summed E-state index contributed by atoms with van der Waals surface area (Å²) in [6, 6.07) is 0.151. The van der Waals surface area contributed by atoms with E-state index in [0.29, 0.717) is 24.6 Å². The quantitative estimate of drug-likeness (QED) is 0.755. The molecule has 1 unspecified atom stereocenters. The van der Waals surface area contributed by atoms with Gasteiger partial charge in [0.15, 0.2) is 0 Å². The zero-order chi connectivity index (χ0) is 19.1. The molecule has 2 aliphatic rings. The molecule has 5 nitrogen and oxygen atoms in total. The summed E-state index contributed by atoms with van der Waals surface area (Å²) in [5.41, 5.74) is -1.26. The first-order valence-electron chi connectivity index (χ1n) is 7.85. The van der Waals surface area contributed by atoms with Crippen molar-refractivity contribution in [1.82, 2.24) is 9.62 Å². The molecule has 2 fully saturated rings. The molecule has 144 valence electrons. The highest BCUT2D eigenvalue weighted by Gasteiger charge is 2.42. The molecule has 1 amide bonds. The van der Waals surface area contributed by atoms with Crippen molar-refractivity contribution in [3.05, 3.63) is 29.6 Å². The third-order valence-electron chi connectivity index (χ3n) is 4.25. The number of hydrogen-bond acceptors (Lipinski definition) is 4. The van der Waals surface area contributed by atoms with Crippen molar-refractivity contribution in [2.24, 2.45) is 5.92 Å². The van der Waals surface area contributed by atoms with Gasteiger partial charge in [0.25, 0.3) is 0 Å². The van der Waals surface area contributed by atoms with Crippen LogP contribution in [0, 0.1) is 11.7 Å². The Morgan fingerprint density at radius 1 is 1.31 bits per heavy atom. The van der Waals surface area contributed by atoms with Crippen molar-refractivity contribution in [1.29, 1.82) is 0 Å². The molecule has 1 heterocycles. The fourth-order valence-electron chi connectivity index (χ4n) is 2.56. The van der Waals surface area contributed by atoms with Crippen molar-refractivity contribution in [2.75, 3.05) is 18.2 Å². The van der Waals surface area contributed by atoms with E-state index in [-0.39, 0.29) is 17.7 Å². The van der Waals surface area contributed by atoms with E-state index in [1.807, 2.05) is 0 Å². The fourth-order valence-corrected chi connectivity index (χ4v) is 5.80. The summed E-state index contributed by atoms with van der Waals surface area (Å²) in [7, 11) is -4.59. The number of carbonyl (C=O) groups excluding carboxylic acids is 1. The molecule has 1 aromatic rings. The second-order valence-corrected chi connectivity index (χ2v) is 9.10. The first kappa shape index (κ1) is 19.4. The number of sulfonamides is 1. The van der Waals surface area contributed by atoms with Crippen LogP contribution in [-0.4, -0.2) is 42.8 Å². The number of halogens is 4. The maximum atomic E-state index is 14.0. The Hall–Kier alpha value is -1.33. The Morgan fingerprint density at radius 3 is 2.62 bits per heavy atom. The summed E-state index contributed by atoms with van der Waals surface area (Å²) in [5.74, 6) is -1.38. The third-order valence-corrected chi connectivity index (χ3v) is 7.30. The van der Waals surface area contributed by atoms with Crippen molar-refractivity contribution < 1.29 is 30.8 Å². The normalized spacial score (nSPS) is 21.8. The van der Waals surface area contributed by atoms with Gasteiger partial charge in [-0.25, -0.2) is 12.8 Å². The summed E-state index contributed by atoms with van der Waals surface area (Å²) in [4.78, 5) is 11.2. The number of rotatable bonds is 5. The predicted molar refractivity (Wildman–Crippen MR) is 87.3 cm³/mol. The zero-order valence-electron chi connectivity index (χ0n) is 13.4. The van der Waals surface area contributed by atoms with Crippen LogP contribution in [0.3, 0.4) is 0 Å². The maximum absolute atomic E-state index is 14.0. The van der Waals surface area contributed by atoms with Gasteiger partial charge in [-0.2, -0.15) is 17.5 Å². The highest BCUT2D eigenvalue weighted by atomic mass is 32.2. The van der Waals surface area contributed by atoms with Crippen LogP contribution in [-0.2, 0) is 21.0 Å². The van der Waals surface area contributed by atoms with Gasteiger partial charge >= 0.3 is 6.18 Å². The Morgan fingerprint density at radius 2 is 2.00 bits per heavy atom. The van der Waals surface area contributed by atoms with Gasteiger partial charge in [-0.05, 0) is 37.0 Å². The SMILES string of the molecule is O=C(NCC1CC1)C1CSCN1S(=O)(=O)c1cc(C(F)(F)F)ccc1F. The van der Waals surface area contributed by atoms with Gasteiger partial charge in [-0.15, -0.1) is 11.8 Å². The topological polar surface area (TPSA) is 66.5 Å². The van der Waals surface area contributed by atoms with Crippen molar-refractivity contribution in [3.8, 4) is 0 Å². The van der Waals surface area contributed by atoms with Crippen LogP contribution >= 0.6 is 11.8 Å². The van der Waals surface area contributed by atoms with Gasteiger partial charge in [0.2, 0.25) is 15.9 Å². The van der Waals surface area contributed by atoms with E-state index in [1.54, 1.807) is 0 Å². The molecule has 1 aliphatic heterocycles. The Bertz CT molecular complexity index is 810.